The Labute approximate surface area is 229 Å². The molecule has 1 saturated heterocycles. The molecule has 3 aromatic rings. The quantitative estimate of drug-likeness (QED) is 0.485. The lowest BCUT2D eigenvalue weighted by atomic mass is 9.70. The summed E-state index contributed by atoms with van der Waals surface area (Å²) in [5.41, 5.74) is -1.96. The maximum atomic E-state index is 13.3. The largest absolute Gasteiger partial charge is 0.481 e. The molecule has 0 radical (unpaired) electrons. The molecule has 40 heavy (non-hydrogen) atoms. The molecule has 0 bridgehead atoms. The van der Waals surface area contributed by atoms with Crippen molar-refractivity contribution in [2.75, 3.05) is 26.7 Å². The number of likely N-dealkylation sites (tertiary alicyclic amines) is 1. The van der Waals surface area contributed by atoms with E-state index in [0.717, 1.165) is 5.56 Å². The normalized spacial score (nSPS) is 29.1. The highest BCUT2D eigenvalue weighted by molar-refractivity contribution is 5.60. The van der Waals surface area contributed by atoms with Gasteiger partial charge in [-0.3, -0.25) is 0 Å². The highest BCUT2D eigenvalue weighted by atomic mass is 19.3. The fourth-order valence-corrected chi connectivity index (χ4v) is 6.85. The van der Waals surface area contributed by atoms with Crippen LogP contribution in [0.2, 0.25) is 0 Å². The lowest BCUT2D eigenvalue weighted by molar-refractivity contribution is -0.153. The molecule has 2 N–H and O–H groups in total. The van der Waals surface area contributed by atoms with Crippen LogP contribution in [0, 0.1) is 34.5 Å². The zero-order valence-corrected chi connectivity index (χ0v) is 21.5. The number of aliphatic hydroxyl groups is 2. The predicted octanol–water partition coefficient (Wildman–Crippen LogP) is 3.28. The summed E-state index contributed by atoms with van der Waals surface area (Å²) in [6.07, 6.45) is -3.87. The van der Waals surface area contributed by atoms with Crippen LogP contribution in [0.3, 0.4) is 0 Å². The molecular formula is C30H26F2N4O4. The van der Waals surface area contributed by atoms with E-state index in [0.29, 0.717) is 11.1 Å². The van der Waals surface area contributed by atoms with E-state index in [1.807, 2.05) is 41.3 Å². The van der Waals surface area contributed by atoms with Crippen LogP contribution >= 0.6 is 0 Å². The summed E-state index contributed by atoms with van der Waals surface area (Å²) in [4.78, 5) is 6.10. The number of pyridine rings is 1. The molecule has 3 aliphatic rings. The number of rotatable bonds is 6. The highest BCUT2D eigenvalue weighted by Gasteiger charge is 2.77. The van der Waals surface area contributed by atoms with Crippen molar-refractivity contribution >= 4 is 0 Å². The van der Waals surface area contributed by atoms with E-state index < -0.39 is 41.5 Å². The van der Waals surface area contributed by atoms with Crippen LogP contribution in [0.25, 0.3) is 0 Å². The van der Waals surface area contributed by atoms with Gasteiger partial charge in [-0.15, -0.1) is 0 Å². The average molecular weight is 545 g/mol. The Bertz CT molecular complexity index is 1520. The van der Waals surface area contributed by atoms with Crippen LogP contribution in [0.15, 0.2) is 60.7 Å². The van der Waals surface area contributed by atoms with E-state index in [2.05, 4.69) is 11.1 Å². The van der Waals surface area contributed by atoms with Crippen molar-refractivity contribution in [1.29, 1.82) is 10.5 Å². The Balaban J connectivity index is 1.59. The average Bonchev–Trinajstić information content (AvgIpc) is 3.32. The Kier molecular flexibility index (Phi) is 6.23. The monoisotopic (exact) mass is 544 g/mol. The van der Waals surface area contributed by atoms with E-state index >= 15 is 0 Å². The summed E-state index contributed by atoms with van der Waals surface area (Å²) in [6, 6.07) is 21.4. The Morgan fingerprint density at radius 3 is 2.42 bits per heavy atom. The third-order valence-electron chi connectivity index (χ3n) is 8.59. The summed E-state index contributed by atoms with van der Waals surface area (Å²) in [6.45, 7) is 0.589. The Morgan fingerprint density at radius 1 is 1.12 bits per heavy atom. The second-order valence-corrected chi connectivity index (χ2v) is 10.6. The molecule has 1 unspecified atom stereocenters. The predicted molar refractivity (Wildman–Crippen MR) is 137 cm³/mol. The molecule has 2 aromatic carbocycles. The molecule has 2 aliphatic heterocycles. The summed E-state index contributed by atoms with van der Waals surface area (Å²) in [5, 5.41) is 43.9. The zero-order chi connectivity index (χ0) is 28.2. The molecule has 1 aromatic heterocycles. The number of hydrogen-bond acceptors (Lipinski definition) is 8. The van der Waals surface area contributed by atoms with Crippen LogP contribution in [0.5, 0.6) is 11.6 Å². The molecule has 6 rings (SSSR count). The number of aromatic nitrogens is 1. The van der Waals surface area contributed by atoms with Gasteiger partial charge in [0, 0.05) is 43.5 Å². The van der Waals surface area contributed by atoms with E-state index in [-0.39, 0.29) is 42.5 Å². The number of hydrogen-bond donors (Lipinski definition) is 2. The van der Waals surface area contributed by atoms with Gasteiger partial charge in [-0.2, -0.15) is 10.5 Å². The van der Waals surface area contributed by atoms with Gasteiger partial charge in [0.05, 0.1) is 30.4 Å². The van der Waals surface area contributed by atoms with Gasteiger partial charge in [0.15, 0.2) is 11.2 Å². The third-order valence-corrected chi connectivity index (χ3v) is 8.59. The van der Waals surface area contributed by atoms with Crippen molar-refractivity contribution in [1.82, 2.24) is 9.88 Å². The smallest absolute Gasteiger partial charge is 0.243 e. The fraction of sp³-hybridized carbons (Fsp3) is 0.367. The lowest BCUT2D eigenvalue weighted by Crippen LogP contribution is -2.53. The van der Waals surface area contributed by atoms with Gasteiger partial charge < -0.3 is 24.6 Å². The molecule has 1 aliphatic carbocycles. The van der Waals surface area contributed by atoms with Gasteiger partial charge >= 0.3 is 0 Å². The van der Waals surface area contributed by atoms with Crippen molar-refractivity contribution in [2.45, 2.75) is 29.6 Å². The van der Waals surface area contributed by atoms with Gasteiger partial charge in [0.25, 0.3) is 0 Å². The maximum absolute atomic E-state index is 13.3. The first-order chi connectivity index (χ1) is 19.3. The number of halogens is 2. The summed E-state index contributed by atoms with van der Waals surface area (Å²) < 4.78 is 38.8. The number of ether oxygens (including phenoxy) is 2. The minimum atomic E-state index is -2.43. The highest BCUT2D eigenvalue weighted by Crippen LogP contribution is 2.69. The first kappa shape index (κ1) is 26.1. The molecule has 8 nitrogen and oxygen atoms in total. The number of fused-ring (bicyclic) bond motifs is 3. The number of benzene rings is 2. The van der Waals surface area contributed by atoms with Gasteiger partial charge in [-0.1, -0.05) is 42.5 Å². The van der Waals surface area contributed by atoms with Gasteiger partial charge in [-0.05, 0) is 23.3 Å². The number of alkyl halides is 2. The number of methoxy groups -OCH3 is 1. The molecule has 2 fully saturated rings. The number of nitrogens with zero attached hydrogens (tertiary/aromatic N) is 4. The van der Waals surface area contributed by atoms with Crippen LogP contribution in [0.1, 0.15) is 33.9 Å². The van der Waals surface area contributed by atoms with E-state index in [9.17, 15) is 29.5 Å². The van der Waals surface area contributed by atoms with Crippen LogP contribution in [-0.2, 0) is 11.2 Å². The van der Waals surface area contributed by atoms with Crippen molar-refractivity contribution in [3.8, 4) is 23.8 Å². The van der Waals surface area contributed by atoms with Crippen molar-refractivity contribution in [3.63, 3.8) is 0 Å². The third kappa shape index (κ3) is 3.54. The van der Waals surface area contributed by atoms with Crippen molar-refractivity contribution < 1.29 is 28.5 Å². The molecule has 1 saturated carbocycles. The molecule has 10 heteroatoms. The SMILES string of the molecule is COc1nc(C#N)cc2c1[C@]1(O)C(O)[C@H](CN3CC(C(F)F)C3)[C@@H](c3ccccc3)[C@]1(c1ccc(C#N)cc1)O2. The van der Waals surface area contributed by atoms with Gasteiger partial charge in [0.1, 0.15) is 17.5 Å². The van der Waals surface area contributed by atoms with Crippen molar-refractivity contribution in [2.24, 2.45) is 11.8 Å². The topological polar surface area (TPSA) is 123 Å². The van der Waals surface area contributed by atoms with Crippen LogP contribution < -0.4 is 9.47 Å². The molecular weight excluding hydrogens is 518 g/mol. The molecule has 0 amide bonds. The number of nitriles is 2. The second kappa shape index (κ2) is 9.53. The van der Waals surface area contributed by atoms with E-state index in [1.165, 1.54) is 13.2 Å². The van der Waals surface area contributed by atoms with Crippen LogP contribution in [-0.4, -0.2) is 59.4 Å². The van der Waals surface area contributed by atoms with Crippen molar-refractivity contribution in [3.05, 3.63) is 88.6 Å². The standard InChI is InChI=1S/C30H26F2N4O4/c1-39-28-25-23(11-21(13-34)35-28)40-30(20-9-7-17(12-33)8-10-20)24(18-5-3-2-4-6-18)22(26(37)29(25,30)38)16-36-14-19(15-36)27(31)32/h2-11,19,22,24,26-27,37-38H,14-16H2,1H3/t22-,24-,26?,29+,30+/m1/s1. The fourth-order valence-electron chi connectivity index (χ4n) is 6.85. The summed E-state index contributed by atoms with van der Waals surface area (Å²) >= 11 is 0. The molecule has 0 spiro atoms. The van der Waals surface area contributed by atoms with Crippen LogP contribution in [0.4, 0.5) is 8.78 Å². The minimum Gasteiger partial charge on any atom is -0.481 e. The maximum Gasteiger partial charge on any atom is 0.243 e. The van der Waals surface area contributed by atoms with Gasteiger partial charge in [-0.25, -0.2) is 13.8 Å². The Hall–Kier alpha value is -4.09. The summed E-state index contributed by atoms with van der Waals surface area (Å²) in [7, 11) is 1.35. The van der Waals surface area contributed by atoms with E-state index in [4.69, 9.17) is 9.47 Å². The molecule has 3 heterocycles. The van der Waals surface area contributed by atoms with Gasteiger partial charge in [0.2, 0.25) is 12.3 Å². The molecule has 5 atom stereocenters. The second-order valence-electron chi connectivity index (χ2n) is 10.6. The minimum absolute atomic E-state index is 0.00933. The summed E-state index contributed by atoms with van der Waals surface area (Å²) in [5.74, 6) is -1.98. The zero-order valence-electron chi connectivity index (χ0n) is 21.5. The molecule has 204 valence electrons. The van der Waals surface area contributed by atoms with E-state index in [1.54, 1.807) is 24.3 Å². The Morgan fingerprint density at radius 2 is 1.82 bits per heavy atom. The first-order valence-electron chi connectivity index (χ1n) is 12.9. The number of aliphatic hydroxyl groups excluding tert-OH is 1. The first-order valence-corrected chi connectivity index (χ1v) is 12.9. The lowest BCUT2D eigenvalue weighted by Gasteiger charge is -2.43.